The third-order valence-corrected chi connectivity index (χ3v) is 3.34. The molecule has 1 unspecified atom stereocenters. The Morgan fingerprint density at radius 2 is 1.73 bits per heavy atom. The van der Waals surface area contributed by atoms with Crippen LogP contribution >= 0.6 is 0 Å². The number of nitrogens with zero attached hydrogens (tertiary/aromatic N) is 1. The zero-order valence-corrected chi connectivity index (χ0v) is 9.83. The summed E-state index contributed by atoms with van der Waals surface area (Å²) < 4.78 is 0. The summed E-state index contributed by atoms with van der Waals surface area (Å²) in [6, 6.07) is 8.47. The van der Waals surface area contributed by atoms with Gasteiger partial charge in [0.1, 0.15) is 0 Å². The Kier molecular flexibility index (Phi) is 2.47. The Labute approximate surface area is 91.6 Å². The first-order valence-corrected chi connectivity index (χ1v) is 5.43. The van der Waals surface area contributed by atoms with Gasteiger partial charge in [0, 0.05) is 11.6 Å². The van der Waals surface area contributed by atoms with Crippen molar-refractivity contribution in [1.82, 2.24) is 0 Å². The first-order chi connectivity index (χ1) is 7.11. The van der Waals surface area contributed by atoms with E-state index in [1.807, 2.05) is 0 Å². The van der Waals surface area contributed by atoms with Crippen LogP contribution in [0.2, 0.25) is 0 Å². The van der Waals surface area contributed by atoms with Crippen LogP contribution in [0.25, 0.3) is 0 Å². The van der Waals surface area contributed by atoms with Crippen LogP contribution in [0.3, 0.4) is 0 Å². The number of hydrogen-bond acceptors (Lipinski definition) is 1. The van der Waals surface area contributed by atoms with E-state index in [9.17, 15) is 0 Å². The van der Waals surface area contributed by atoms with Gasteiger partial charge in [-0.1, -0.05) is 31.2 Å². The van der Waals surface area contributed by atoms with Crippen molar-refractivity contribution in [2.45, 2.75) is 27.7 Å². The largest absolute Gasteiger partial charge is 0.257 e. The molecule has 0 radical (unpaired) electrons. The van der Waals surface area contributed by atoms with Crippen molar-refractivity contribution >= 4 is 5.71 Å². The molecule has 0 aromatic heterocycles. The highest BCUT2D eigenvalue weighted by molar-refractivity contribution is 6.06. The van der Waals surface area contributed by atoms with E-state index in [4.69, 9.17) is 0 Å². The molecule has 0 saturated heterocycles. The number of aliphatic imine (C=N–C) groups is 1. The van der Waals surface area contributed by atoms with Gasteiger partial charge in [0.25, 0.3) is 0 Å². The molecule has 0 N–H and O–H groups in total. The average Bonchev–Trinajstić information content (AvgIpc) is 2.47. The highest BCUT2D eigenvalue weighted by Crippen LogP contribution is 2.29. The van der Waals surface area contributed by atoms with E-state index in [0.29, 0.717) is 5.92 Å². The van der Waals surface area contributed by atoms with Crippen molar-refractivity contribution < 1.29 is 0 Å². The summed E-state index contributed by atoms with van der Waals surface area (Å²) in [4.78, 5) is 4.68. The van der Waals surface area contributed by atoms with Crippen molar-refractivity contribution in [2.24, 2.45) is 10.9 Å². The van der Waals surface area contributed by atoms with Gasteiger partial charge in [-0.3, -0.25) is 4.99 Å². The topological polar surface area (TPSA) is 12.4 Å². The van der Waals surface area contributed by atoms with Gasteiger partial charge in [0.15, 0.2) is 0 Å². The van der Waals surface area contributed by atoms with Crippen LogP contribution < -0.4 is 0 Å². The standard InChI is InChI=1S/C14H17N/c1-9-7-5-6-8-13(9)14-11(3)10(2)12(4)15-14/h5-8,11H,1-4H3. The van der Waals surface area contributed by atoms with Crippen LogP contribution in [0, 0.1) is 12.8 Å². The molecule has 1 atom stereocenters. The molecule has 1 aliphatic heterocycles. The summed E-state index contributed by atoms with van der Waals surface area (Å²) in [5.41, 5.74) is 6.41. The summed E-state index contributed by atoms with van der Waals surface area (Å²) in [5.74, 6) is 0.464. The highest BCUT2D eigenvalue weighted by Gasteiger charge is 2.22. The summed E-state index contributed by atoms with van der Waals surface area (Å²) in [6.07, 6.45) is 0. The molecule has 78 valence electrons. The Morgan fingerprint density at radius 3 is 2.27 bits per heavy atom. The fraction of sp³-hybridized carbons (Fsp3) is 0.357. The van der Waals surface area contributed by atoms with Crippen LogP contribution in [-0.2, 0) is 0 Å². The van der Waals surface area contributed by atoms with E-state index in [1.165, 1.54) is 28.1 Å². The zero-order valence-electron chi connectivity index (χ0n) is 9.83. The fourth-order valence-corrected chi connectivity index (χ4v) is 2.04. The van der Waals surface area contributed by atoms with Gasteiger partial charge in [0.2, 0.25) is 0 Å². The molecule has 0 fully saturated rings. The second-order valence-corrected chi connectivity index (χ2v) is 4.30. The SMILES string of the molecule is CC1=C(C)C(C)C(c2ccccc2C)=N1. The molecule has 1 heteroatoms. The Bertz CT molecular complexity index is 452. The molecule has 0 amide bonds. The van der Waals surface area contributed by atoms with Gasteiger partial charge in [0.05, 0.1) is 5.71 Å². The van der Waals surface area contributed by atoms with Crippen molar-refractivity contribution in [3.8, 4) is 0 Å². The number of benzene rings is 1. The van der Waals surface area contributed by atoms with Crippen molar-refractivity contribution in [3.05, 3.63) is 46.7 Å². The molecule has 0 bridgehead atoms. The summed E-state index contributed by atoms with van der Waals surface area (Å²) in [5, 5.41) is 0. The van der Waals surface area contributed by atoms with Crippen LogP contribution in [0.4, 0.5) is 0 Å². The van der Waals surface area contributed by atoms with E-state index in [0.717, 1.165) is 0 Å². The Hall–Kier alpha value is -1.37. The molecule has 0 saturated carbocycles. The monoisotopic (exact) mass is 199 g/mol. The first kappa shape index (κ1) is 10.2. The first-order valence-electron chi connectivity index (χ1n) is 5.43. The lowest BCUT2D eigenvalue weighted by atomic mass is 9.92. The predicted molar refractivity (Wildman–Crippen MR) is 65.3 cm³/mol. The summed E-state index contributed by atoms with van der Waals surface area (Å²) >= 11 is 0. The van der Waals surface area contributed by atoms with Gasteiger partial charge < -0.3 is 0 Å². The molecule has 15 heavy (non-hydrogen) atoms. The average molecular weight is 199 g/mol. The van der Waals surface area contributed by atoms with Crippen LogP contribution in [0.15, 0.2) is 40.5 Å². The number of hydrogen-bond donors (Lipinski definition) is 0. The number of rotatable bonds is 1. The third-order valence-electron chi connectivity index (χ3n) is 3.34. The summed E-state index contributed by atoms with van der Waals surface area (Å²) in [7, 11) is 0. The molecule has 0 spiro atoms. The van der Waals surface area contributed by atoms with Crippen LogP contribution in [-0.4, -0.2) is 5.71 Å². The minimum Gasteiger partial charge on any atom is -0.257 e. The third kappa shape index (κ3) is 1.63. The van der Waals surface area contributed by atoms with E-state index in [2.05, 4.69) is 57.0 Å². The maximum absolute atomic E-state index is 4.68. The Morgan fingerprint density at radius 1 is 1.07 bits per heavy atom. The lowest BCUT2D eigenvalue weighted by Gasteiger charge is -2.11. The number of allylic oxidation sites excluding steroid dienone is 2. The van der Waals surface area contributed by atoms with Gasteiger partial charge in [-0.2, -0.15) is 0 Å². The number of aryl methyl sites for hydroxylation is 1. The van der Waals surface area contributed by atoms with E-state index < -0.39 is 0 Å². The molecule has 1 nitrogen and oxygen atoms in total. The molecule has 2 rings (SSSR count). The quantitative estimate of drug-likeness (QED) is 0.653. The maximum atomic E-state index is 4.68. The lowest BCUT2D eigenvalue weighted by molar-refractivity contribution is 0.927. The van der Waals surface area contributed by atoms with E-state index in [-0.39, 0.29) is 0 Å². The molecular formula is C14H17N. The summed E-state index contributed by atoms with van der Waals surface area (Å²) in [6.45, 7) is 8.65. The van der Waals surface area contributed by atoms with Crippen LogP contribution in [0.5, 0.6) is 0 Å². The van der Waals surface area contributed by atoms with Crippen molar-refractivity contribution in [3.63, 3.8) is 0 Å². The fourth-order valence-electron chi connectivity index (χ4n) is 2.04. The van der Waals surface area contributed by atoms with Crippen LogP contribution in [0.1, 0.15) is 31.9 Å². The normalized spacial score (nSPS) is 20.8. The maximum Gasteiger partial charge on any atom is 0.0550 e. The minimum atomic E-state index is 0.464. The second-order valence-electron chi connectivity index (χ2n) is 4.30. The van der Waals surface area contributed by atoms with Gasteiger partial charge in [-0.25, -0.2) is 0 Å². The van der Waals surface area contributed by atoms with Crippen molar-refractivity contribution in [1.29, 1.82) is 0 Å². The van der Waals surface area contributed by atoms with Gasteiger partial charge >= 0.3 is 0 Å². The molecule has 1 aromatic carbocycles. The molecule has 1 aliphatic rings. The zero-order chi connectivity index (χ0) is 11.0. The lowest BCUT2D eigenvalue weighted by Crippen LogP contribution is -2.11. The highest BCUT2D eigenvalue weighted by atomic mass is 14.8. The predicted octanol–water partition coefficient (Wildman–Crippen LogP) is 3.73. The Balaban J connectivity index is 2.45. The molecule has 1 heterocycles. The van der Waals surface area contributed by atoms with E-state index in [1.54, 1.807) is 0 Å². The second kappa shape index (κ2) is 3.65. The van der Waals surface area contributed by atoms with E-state index >= 15 is 0 Å². The minimum absolute atomic E-state index is 0.464. The molecule has 1 aromatic rings. The molecule has 0 aliphatic carbocycles. The smallest absolute Gasteiger partial charge is 0.0550 e. The molecular weight excluding hydrogens is 182 g/mol. The van der Waals surface area contributed by atoms with Gasteiger partial charge in [-0.15, -0.1) is 0 Å². The van der Waals surface area contributed by atoms with Crippen molar-refractivity contribution in [2.75, 3.05) is 0 Å². The van der Waals surface area contributed by atoms with Gasteiger partial charge in [-0.05, 0) is 37.5 Å².